The van der Waals surface area contributed by atoms with Gasteiger partial charge >= 0.3 is 5.97 Å². The molecule has 0 aliphatic rings. The van der Waals surface area contributed by atoms with Gasteiger partial charge in [0.15, 0.2) is 5.82 Å². The molecule has 0 aliphatic carbocycles. The number of tetrazole rings is 1. The minimum Gasteiger partial charge on any atom is -0.481 e. The van der Waals surface area contributed by atoms with E-state index < -0.39 is 11.9 Å². The van der Waals surface area contributed by atoms with Crippen molar-refractivity contribution in [2.45, 2.75) is 32.6 Å². The van der Waals surface area contributed by atoms with E-state index in [-0.39, 0.29) is 11.8 Å². The van der Waals surface area contributed by atoms with Crippen molar-refractivity contribution in [3.63, 3.8) is 0 Å². The van der Waals surface area contributed by atoms with Gasteiger partial charge in [-0.25, -0.2) is 4.98 Å². The van der Waals surface area contributed by atoms with Gasteiger partial charge in [-0.2, -0.15) is 5.21 Å². The number of nitrogens with zero attached hydrogens (tertiary/aromatic N) is 4. The minimum absolute atomic E-state index is 0.250. The van der Waals surface area contributed by atoms with E-state index in [2.05, 4.69) is 25.6 Å². The standard InChI is InChI=1S/C14H20N6O2/c1-8(2)5-11(14(21)22)10(13-17-19-20-18-13)6-9-3-4-12(15)16-7-9/h3-4,7-8,10-11H,5-6H2,1-2H3,(H2,15,16)(H,21,22)(H,17,18,19,20)/t10-,11-/m0/s1. The Hall–Kier alpha value is -2.51. The molecule has 8 nitrogen and oxygen atoms in total. The van der Waals surface area contributed by atoms with Crippen molar-refractivity contribution in [3.8, 4) is 0 Å². The summed E-state index contributed by atoms with van der Waals surface area (Å²) in [5.74, 6) is -0.729. The van der Waals surface area contributed by atoms with E-state index in [1.807, 2.05) is 19.9 Å². The second-order valence-corrected chi connectivity index (χ2v) is 5.75. The maximum Gasteiger partial charge on any atom is 0.307 e. The van der Waals surface area contributed by atoms with Gasteiger partial charge in [0.25, 0.3) is 0 Å². The number of aromatic nitrogens is 5. The molecule has 0 radical (unpaired) electrons. The third kappa shape index (κ3) is 4.00. The lowest BCUT2D eigenvalue weighted by Crippen LogP contribution is -2.26. The molecule has 2 aromatic heterocycles. The highest BCUT2D eigenvalue weighted by Crippen LogP contribution is 2.31. The molecule has 0 saturated heterocycles. The molecular weight excluding hydrogens is 284 g/mol. The molecule has 0 aliphatic heterocycles. The Morgan fingerprint density at radius 2 is 2.18 bits per heavy atom. The maximum atomic E-state index is 11.7. The zero-order valence-electron chi connectivity index (χ0n) is 12.6. The molecule has 0 saturated carbocycles. The van der Waals surface area contributed by atoms with Gasteiger partial charge in [-0.05, 0) is 30.4 Å². The average molecular weight is 304 g/mol. The van der Waals surface area contributed by atoms with Crippen LogP contribution in [0.15, 0.2) is 18.3 Å². The lowest BCUT2D eigenvalue weighted by Gasteiger charge is -2.22. The summed E-state index contributed by atoms with van der Waals surface area (Å²) in [6.07, 6.45) is 2.66. The van der Waals surface area contributed by atoms with Crippen LogP contribution in [0, 0.1) is 11.8 Å². The van der Waals surface area contributed by atoms with Crippen LogP contribution >= 0.6 is 0 Å². The molecule has 0 fully saturated rings. The van der Waals surface area contributed by atoms with Gasteiger partial charge < -0.3 is 10.8 Å². The summed E-state index contributed by atoms with van der Waals surface area (Å²) < 4.78 is 0. The van der Waals surface area contributed by atoms with Gasteiger partial charge in [0.1, 0.15) is 5.82 Å². The highest BCUT2D eigenvalue weighted by Gasteiger charge is 2.33. The lowest BCUT2D eigenvalue weighted by molar-refractivity contribution is -0.143. The molecule has 0 amide bonds. The Morgan fingerprint density at radius 1 is 1.41 bits per heavy atom. The first-order valence-corrected chi connectivity index (χ1v) is 7.14. The number of nitrogens with two attached hydrogens (primary N) is 1. The monoisotopic (exact) mass is 304 g/mol. The summed E-state index contributed by atoms with van der Waals surface area (Å²) in [5, 5.41) is 23.5. The number of nitrogens with one attached hydrogen (secondary N) is 1. The molecule has 8 heteroatoms. The van der Waals surface area contributed by atoms with E-state index in [1.54, 1.807) is 12.3 Å². The smallest absolute Gasteiger partial charge is 0.307 e. The maximum absolute atomic E-state index is 11.7. The van der Waals surface area contributed by atoms with Crippen molar-refractivity contribution in [1.82, 2.24) is 25.6 Å². The van der Waals surface area contributed by atoms with Crippen LogP contribution in [0.3, 0.4) is 0 Å². The highest BCUT2D eigenvalue weighted by atomic mass is 16.4. The third-order valence-corrected chi connectivity index (χ3v) is 3.52. The van der Waals surface area contributed by atoms with Crippen LogP contribution in [0.5, 0.6) is 0 Å². The number of pyridine rings is 1. The number of carboxylic acids is 1. The molecular formula is C14H20N6O2. The summed E-state index contributed by atoms with van der Waals surface area (Å²) in [4.78, 5) is 15.7. The number of nitrogen functional groups attached to an aromatic ring is 1. The number of hydrogen-bond acceptors (Lipinski definition) is 6. The number of carboxylic acid groups (broad SMARTS) is 1. The third-order valence-electron chi connectivity index (χ3n) is 3.52. The first kappa shape index (κ1) is 15.9. The second-order valence-electron chi connectivity index (χ2n) is 5.75. The number of aromatic amines is 1. The van der Waals surface area contributed by atoms with Gasteiger partial charge in [-0.1, -0.05) is 25.1 Å². The molecule has 2 rings (SSSR count). The lowest BCUT2D eigenvalue weighted by atomic mass is 9.81. The van der Waals surface area contributed by atoms with Gasteiger partial charge in [0.2, 0.25) is 0 Å². The van der Waals surface area contributed by atoms with Crippen LogP contribution in [0.2, 0.25) is 0 Å². The molecule has 118 valence electrons. The fourth-order valence-corrected chi connectivity index (χ4v) is 2.50. The number of hydrogen-bond donors (Lipinski definition) is 3. The van der Waals surface area contributed by atoms with Gasteiger partial charge in [0, 0.05) is 12.1 Å². The summed E-state index contributed by atoms with van der Waals surface area (Å²) in [5.41, 5.74) is 6.47. The summed E-state index contributed by atoms with van der Waals surface area (Å²) in [7, 11) is 0. The van der Waals surface area contributed by atoms with E-state index in [9.17, 15) is 9.90 Å². The molecule has 2 aromatic rings. The zero-order chi connectivity index (χ0) is 16.1. The zero-order valence-corrected chi connectivity index (χ0v) is 12.6. The first-order chi connectivity index (χ1) is 10.5. The fraction of sp³-hybridized carbons (Fsp3) is 0.500. The Bertz CT molecular complexity index is 596. The quantitative estimate of drug-likeness (QED) is 0.701. The van der Waals surface area contributed by atoms with Crippen molar-refractivity contribution in [2.75, 3.05) is 5.73 Å². The van der Waals surface area contributed by atoms with Gasteiger partial charge in [-0.15, -0.1) is 10.2 Å². The van der Waals surface area contributed by atoms with E-state index >= 15 is 0 Å². The molecule has 22 heavy (non-hydrogen) atoms. The predicted molar refractivity (Wildman–Crippen MR) is 79.9 cm³/mol. The van der Waals surface area contributed by atoms with Crippen LogP contribution in [-0.2, 0) is 11.2 Å². The Kier molecular flexibility index (Phi) is 5.03. The molecule has 0 spiro atoms. The van der Waals surface area contributed by atoms with Crippen LogP contribution in [-0.4, -0.2) is 36.7 Å². The topological polar surface area (TPSA) is 131 Å². The normalized spacial score (nSPS) is 14.0. The van der Waals surface area contributed by atoms with Crippen molar-refractivity contribution < 1.29 is 9.90 Å². The van der Waals surface area contributed by atoms with Crippen molar-refractivity contribution >= 4 is 11.8 Å². The largest absolute Gasteiger partial charge is 0.481 e. The van der Waals surface area contributed by atoms with Gasteiger partial charge in [0.05, 0.1) is 5.92 Å². The molecule has 0 bridgehead atoms. The SMILES string of the molecule is CC(C)C[C@H](C(=O)O)[C@H](Cc1ccc(N)nc1)c1nn[nH]n1. The first-order valence-electron chi connectivity index (χ1n) is 7.14. The van der Waals surface area contributed by atoms with E-state index in [0.29, 0.717) is 24.5 Å². The Morgan fingerprint density at radius 3 is 2.68 bits per heavy atom. The summed E-state index contributed by atoms with van der Waals surface area (Å²) in [6, 6.07) is 3.53. The van der Waals surface area contributed by atoms with Crippen molar-refractivity contribution in [2.24, 2.45) is 11.8 Å². The predicted octanol–water partition coefficient (Wildman–Crippen LogP) is 1.25. The average Bonchev–Trinajstić information content (AvgIpc) is 2.98. The van der Waals surface area contributed by atoms with E-state index in [0.717, 1.165) is 5.56 Å². The number of carbonyl (C=O) groups is 1. The van der Waals surface area contributed by atoms with Crippen LogP contribution in [0.4, 0.5) is 5.82 Å². The van der Waals surface area contributed by atoms with Crippen LogP contribution in [0.25, 0.3) is 0 Å². The molecule has 0 unspecified atom stereocenters. The number of anilines is 1. The van der Waals surface area contributed by atoms with Crippen molar-refractivity contribution in [3.05, 3.63) is 29.7 Å². The number of aliphatic carboxylic acids is 1. The second kappa shape index (κ2) is 6.97. The fourth-order valence-electron chi connectivity index (χ4n) is 2.50. The van der Waals surface area contributed by atoms with Crippen LogP contribution < -0.4 is 5.73 Å². The highest BCUT2D eigenvalue weighted by molar-refractivity contribution is 5.71. The summed E-state index contributed by atoms with van der Waals surface area (Å²) in [6.45, 7) is 3.99. The number of H-pyrrole nitrogens is 1. The molecule has 4 N–H and O–H groups in total. The van der Waals surface area contributed by atoms with E-state index in [4.69, 9.17) is 5.73 Å². The Labute approximate surface area is 128 Å². The molecule has 0 aromatic carbocycles. The minimum atomic E-state index is -0.855. The molecule has 2 atom stereocenters. The molecule has 2 heterocycles. The van der Waals surface area contributed by atoms with Gasteiger partial charge in [-0.3, -0.25) is 4.79 Å². The van der Waals surface area contributed by atoms with Crippen LogP contribution in [0.1, 0.15) is 37.6 Å². The van der Waals surface area contributed by atoms with E-state index in [1.165, 1.54) is 0 Å². The summed E-state index contributed by atoms with van der Waals surface area (Å²) >= 11 is 0. The van der Waals surface area contributed by atoms with Crippen molar-refractivity contribution in [1.29, 1.82) is 0 Å². The number of rotatable bonds is 7. The Balaban J connectivity index is 2.29.